The standard InChI is InChI=1S/C25H33ClFN3O3S/c1-3-30(4-2)12-13-34(31,32)28-16-19-10-11-20-23(17-8-6-5-7-9-17)29-24-21(25(20)33-19)14-18(26)15-22(24)27/h5-9,14-15,19-20,23,25,28-29H,3-4,10-13,16H2,1-2H3/t19-,20+,23+,25+/m1/s1. The van der Waals surface area contributed by atoms with E-state index in [0.29, 0.717) is 29.2 Å². The lowest BCUT2D eigenvalue weighted by Crippen LogP contribution is -2.44. The Morgan fingerprint density at radius 3 is 2.62 bits per heavy atom. The normalized spacial score (nSPS) is 24.4. The smallest absolute Gasteiger partial charge is 0.212 e. The van der Waals surface area contributed by atoms with Gasteiger partial charge in [-0.05, 0) is 43.6 Å². The Balaban J connectivity index is 1.50. The van der Waals surface area contributed by atoms with E-state index in [1.165, 1.54) is 6.07 Å². The van der Waals surface area contributed by atoms with Gasteiger partial charge in [0.15, 0.2) is 0 Å². The Labute approximate surface area is 206 Å². The van der Waals surface area contributed by atoms with E-state index in [1.54, 1.807) is 6.07 Å². The van der Waals surface area contributed by atoms with E-state index >= 15 is 0 Å². The molecule has 2 aliphatic heterocycles. The molecule has 2 N–H and O–H groups in total. The number of rotatable bonds is 9. The third kappa shape index (κ3) is 5.74. The maximum Gasteiger partial charge on any atom is 0.212 e. The van der Waals surface area contributed by atoms with Crippen molar-refractivity contribution in [2.45, 2.75) is 44.9 Å². The summed E-state index contributed by atoms with van der Waals surface area (Å²) in [6, 6.07) is 12.9. The number of nitrogens with zero attached hydrogens (tertiary/aromatic N) is 1. The Morgan fingerprint density at radius 1 is 1.18 bits per heavy atom. The molecule has 2 heterocycles. The molecule has 4 atom stereocenters. The van der Waals surface area contributed by atoms with Gasteiger partial charge >= 0.3 is 0 Å². The van der Waals surface area contributed by atoms with Crippen molar-refractivity contribution in [3.8, 4) is 0 Å². The van der Waals surface area contributed by atoms with E-state index in [0.717, 1.165) is 25.1 Å². The Morgan fingerprint density at radius 2 is 1.91 bits per heavy atom. The van der Waals surface area contributed by atoms with Crippen molar-refractivity contribution in [2.24, 2.45) is 5.92 Å². The molecular weight excluding hydrogens is 477 g/mol. The molecule has 0 unspecified atom stereocenters. The summed E-state index contributed by atoms with van der Waals surface area (Å²) in [5.74, 6) is -0.287. The highest BCUT2D eigenvalue weighted by Crippen LogP contribution is 2.51. The molecule has 1 saturated heterocycles. The lowest BCUT2D eigenvalue weighted by Gasteiger charge is -2.45. The summed E-state index contributed by atoms with van der Waals surface area (Å²) < 4.78 is 49.1. The average Bonchev–Trinajstić information content (AvgIpc) is 2.83. The summed E-state index contributed by atoms with van der Waals surface area (Å²) in [5.41, 5.74) is 2.16. The molecule has 0 spiro atoms. The largest absolute Gasteiger partial charge is 0.375 e. The van der Waals surface area contributed by atoms with E-state index < -0.39 is 15.8 Å². The van der Waals surface area contributed by atoms with Crippen LogP contribution in [0.25, 0.3) is 0 Å². The van der Waals surface area contributed by atoms with Crippen LogP contribution < -0.4 is 10.0 Å². The van der Waals surface area contributed by atoms with Crippen molar-refractivity contribution in [1.29, 1.82) is 0 Å². The molecule has 2 aliphatic rings. The quantitative estimate of drug-likeness (QED) is 0.510. The van der Waals surface area contributed by atoms with Gasteiger partial charge in [0.1, 0.15) is 5.82 Å². The number of halogens is 2. The van der Waals surface area contributed by atoms with E-state index in [4.69, 9.17) is 16.3 Å². The van der Waals surface area contributed by atoms with Crippen LogP contribution in [0.15, 0.2) is 42.5 Å². The fourth-order valence-corrected chi connectivity index (χ4v) is 6.30. The fourth-order valence-electron chi connectivity index (χ4n) is 5.01. The predicted octanol–water partition coefficient (Wildman–Crippen LogP) is 4.74. The molecule has 9 heteroatoms. The zero-order valence-corrected chi connectivity index (χ0v) is 21.2. The van der Waals surface area contributed by atoms with E-state index in [1.807, 2.05) is 44.2 Å². The molecule has 34 heavy (non-hydrogen) atoms. The van der Waals surface area contributed by atoms with Crippen LogP contribution in [0.3, 0.4) is 0 Å². The summed E-state index contributed by atoms with van der Waals surface area (Å²) in [7, 11) is -3.42. The molecule has 6 nitrogen and oxygen atoms in total. The molecule has 0 aromatic heterocycles. The maximum atomic E-state index is 14.9. The number of sulfonamides is 1. The number of benzene rings is 2. The van der Waals surface area contributed by atoms with Gasteiger partial charge in [0.25, 0.3) is 0 Å². The first-order valence-electron chi connectivity index (χ1n) is 12.0. The molecule has 2 aromatic rings. The summed E-state index contributed by atoms with van der Waals surface area (Å²) in [5, 5.41) is 3.70. The molecule has 2 aromatic carbocycles. The van der Waals surface area contributed by atoms with Crippen LogP contribution in [0.5, 0.6) is 0 Å². The predicted molar refractivity (Wildman–Crippen MR) is 134 cm³/mol. The van der Waals surface area contributed by atoms with Gasteiger partial charge in [-0.2, -0.15) is 0 Å². The van der Waals surface area contributed by atoms with E-state index in [2.05, 4.69) is 14.9 Å². The highest BCUT2D eigenvalue weighted by molar-refractivity contribution is 7.89. The zero-order valence-electron chi connectivity index (χ0n) is 19.6. The third-order valence-corrected chi connectivity index (χ3v) is 8.47. The minimum Gasteiger partial charge on any atom is -0.375 e. The van der Waals surface area contributed by atoms with Gasteiger partial charge in [-0.25, -0.2) is 17.5 Å². The maximum absolute atomic E-state index is 14.9. The van der Waals surface area contributed by atoms with Crippen LogP contribution in [0, 0.1) is 11.7 Å². The molecular formula is C25H33ClFN3O3S. The second-order valence-electron chi connectivity index (χ2n) is 9.00. The third-order valence-electron chi connectivity index (χ3n) is 6.93. The van der Waals surface area contributed by atoms with Gasteiger partial charge in [0.05, 0.1) is 29.7 Å². The Kier molecular flexibility index (Phi) is 8.15. The number of hydrogen-bond donors (Lipinski definition) is 2. The summed E-state index contributed by atoms with van der Waals surface area (Å²) >= 11 is 6.19. The first-order chi connectivity index (χ1) is 16.3. The first kappa shape index (κ1) is 25.4. The van der Waals surface area contributed by atoms with Gasteiger partial charge < -0.3 is 15.0 Å². The van der Waals surface area contributed by atoms with Crippen LogP contribution in [-0.2, 0) is 14.8 Å². The molecule has 0 saturated carbocycles. The van der Waals surface area contributed by atoms with Gasteiger partial charge in [-0.1, -0.05) is 55.8 Å². The summed E-state index contributed by atoms with van der Waals surface area (Å²) in [4.78, 5) is 2.08. The molecule has 4 rings (SSSR count). The van der Waals surface area contributed by atoms with Crippen molar-refractivity contribution in [1.82, 2.24) is 9.62 Å². The lowest BCUT2D eigenvalue weighted by atomic mass is 9.76. The SMILES string of the molecule is CCN(CC)CCS(=O)(=O)NC[C@H]1CC[C@@H]2[C@H](O1)c1cc(Cl)cc(F)c1N[C@H]2c1ccccc1. The monoisotopic (exact) mass is 509 g/mol. The number of hydrogen-bond acceptors (Lipinski definition) is 5. The number of fused-ring (bicyclic) bond motifs is 3. The molecule has 0 bridgehead atoms. The van der Waals surface area contributed by atoms with Crippen molar-refractivity contribution >= 4 is 27.3 Å². The number of nitrogens with one attached hydrogen (secondary N) is 2. The minimum atomic E-state index is -3.42. The van der Waals surface area contributed by atoms with Gasteiger partial charge in [-0.3, -0.25) is 0 Å². The Hall–Kier alpha value is -1.71. The van der Waals surface area contributed by atoms with Crippen LogP contribution >= 0.6 is 11.6 Å². The van der Waals surface area contributed by atoms with Gasteiger partial charge in [0.2, 0.25) is 10.0 Å². The minimum absolute atomic E-state index is 0.0527. The van der Waals surface area contributed by atoms with E-state index in [9.17, 15) is 12.8 Å². The second-order valence-corrected chi connectivity index (χ2v) is 11.4. The molecule has 0 amide bonds. The molecule has 0 radical (unpaired) electrons. The van der Waals surface area contributed by atoms with Gasteiger partial charge in [0, 0.05) is 29.6 Å². The molecule has 0 aliphatic carbocycles. The molecule has 1 fully saturated rings. The van der Waals surface area contributed by atoms with Crippen LogP contribution in [0.1, 0.15) is 50.0 Å². The van der Waals surface area contributed by atoms with Crippen LogP contribution in [0.4, 0.5) is 10.1 Å². The van der Waals surface area contributed by atoms with Crippen LogP contribution in [0.2, 0.25) is 5.02 Å². The van der Waals surface area contributed by atoms with E-state index in [-0.39, 0.29) is 36.5 Å². The second kappa shape index (κ2) is 10.9. The Bertz CT molecular complexity index is 1080. The lowest BCUT2D eigenvalue weighted by molar-refractivity contribution is -0.0901. The van der Waals surface area contributed by atoms with Crippen molar-refractivity contribution in [2.75, 3.05) is 37.2 Å². The highest BCUT2D eigenvalue weighted by Gasteiger charge is 2.43. The fraction of sp³-hybridized carbons (Fsp3) is 0.520. The summed E-state index contributed by atoms with van der Waals surface area (Å²) in [6.07, 6.45) is 0.849. The van der Waals surface area contributed by atoms with Crippen molar-refractivity contribution < 1.29 is 17.5 Å². The number of anilines is 1. The summed E-state index contributed by atoms with van der Waals surface area (Å²) in [6.45, 7) is 6.36. The van der Waals surface area contributed by atoms with Crippen molar-refractivity contribution in [3.63, 3.8) is 0 Å². The zero-order chi connectivity index (χ0) is 24.3. The number of ether oxygens (including phenoxy) is 1. The molecule has 186 valence electrons. The first-order valence-corrected chi connectivity index (χ1v) is 14.0. The van der Waals surface area contributed by atoms with Crippen LogP contribution in [-0.4, -0.2) is 51.4 Å². The highest BCUT2D eigenvalue weighted by atomic mass is 35.5. The average molecular weight is 510 g/mol. The van der Waals surface area contributed by atoms with Crippen molar-refractivity contribution in [3.05, 3.63) is 64.4 Å². The topological polar surface area (TPSA) is 70.7 Å². The van der Waals surface area contributed by atoms with Gasteiger partial charge in [-0.15, -0.1) is 0 Å².